The fourth-order valence-corrected chi connectivity index (χ4v) is 5.90. The van der Waals surface area contributed by atoms with Crippen molar-refractivity contribution in [3.05, 3.63) is 149 Å². The smallest absolute Gasteiger partial charge is 0.190 e. The van der Waals surface area contributed by atoms with Crippen molar-refractivity contribution in [1.29, 1.82) is 0 Å². The molecule has 0 N–H and O–H groups in total. The maximum atomic E-state index is 13.0. The molecule has 45 heavy (non-hydrogen) atoms. The second-order valence-corrected chi connectivity index (χ2v) is 11.2. The minimum Gasteiger partial charge on any atom is -0.496 e. The van der Waals surface area contributed by atoms with Crippen molar-refractivity contribution >= 4 is 11.6 Å². The molecule has 4 aromatic rings. The fourth-order valence-electron chi connectivity index (χ4n) is 5.90. The average molecular weight is 605 g/mol. The van der Waals surface area contributed by atoms with Crippen LogP contribution < -0.4 is 4.74 Å². The highest BCUT2D eigenvalue weighted by atomic mass is 16.6. The molecule has 1 saturated heterocycles. The number of hydrogen-bond acceptors (Lipinski definition) is 7. The molecule has 0 bridgehead atoms. The molecule has 7 heteroatoms. The van der Waals surface area contributed by atoms with E-state index in [2.05, 4.69) is 0 Å². The van der Waals surface area contributed by atoms with Gasteiger partial charge in [0.1, 0.15) is 18.0 Å². The predicted molar refractivity (Wildman–Crippen MR) is 169 cm³/mol. The Morgan fingerprint density at radius 1 is 0.689 bits per heavy atom. The van der Waals surface area contributed by atoms with Gasteiger partial charge in [-0.2, -0.15) is 0 Å². The van der Waals surface area contributed by atoms with Crippen LogP contribution in [0.2, 0.25) is 0 Å². The van der Waals surface area contributed by atoms with Gasteiger partial charge in [0, 0.05) is 17.5 Å². The van der Waals surface area contributed by atoms with Gasteiger partial charge >= 0.3 is 0 Å². The second-order valence-electron chi connectivity index (χ2n) is 11.2. The second kappa shape index (κ2) is 14.6. The summed E-state index contributed by atoms with van der Waals surface area (Å²) >= 11 is 0. The standard InChI is InChI=1S/C38H36O7/c1-41-37-30(18-17-29-31(39)19-20-32(40)36(29)37)33-21-34(43-23-27-13-7-3-8-14-27)38(44-24-28-15-9-4-10-16-28)35(45-33)25-42-22-26-11-5-2-6-12-26/h2-20,33-35,38H,21-25H2,1H3/t33-,34-,35-,38+/m1/s1. The Morgan fingerprint density at radius 2 is 1.27 bits per heavy atom. The highest BCUT2D eigenvalue weighted by Gasteiger charge is 2.42. The quantitative estimate of drug-likeness (QED) is 0.175. The minimum absolute atomic E-state index is 0.232. The molecule has 0 unspecified atom stereocenters. The number of fused-ring (bicyclic) bond motifs is 1. The van der Waals surface area contributed by atoms with E-state index >= 15 is 0 Å². The summed E-state index contributed by atoms with van der Waals surface area (Å²) in [5, 5.41) is 0. The Hall–Kier alpha value is -4.40. The van der Waals surface area contributed by atoms with E-state index in [4.69, 9.17) is 23.7 Å². The molecular formula is C38H36O7. The number of benzene rings is 4. The van der Waals surface area contributed by atoms with Crippen LogP contribution >= 0.6 is 0 Å². The van der Waals surface area contributed by atoms with Crippen LogP contribution in [0.1, 0.15) is 55.5 Å². The first-order chi connectivity index (χ1) is 22.1. The van der Waals surface area contributed by atoms with Gasteiger partial charge in [-0.1, -0.05) is 97.1 Å². The zero-order valence-corrected chi connectivity index (χ0v) is 25.2. The van der Waals surface area contributed by atoms with Crippen LogP contribution in [-0.2, 0) is 38.8 Å². The molecule has 4 aromatic carbocycles. The van der Waals surface area contributed by atoms with Crippen LogP contribution in [0.15, 0.2) is 115 Å². The zero-order valence-electron chi connectivity index (χ0n) is 25.2. The minimum atomic E-state index is -0.512. The number of carbonyl (C=O) groups excluding carboxylic acids is 2. The first kappa shape index (κ1) is 30.6. The molecule has 230 valence electrons. The molecular weight excluding hydrogens is 568 g/mol. The molecule has 7 nitrogen and oxygen atoms in total. The van der Waals surface area contributed by atoms with Gasteiger partial charge in [0.25, 0.3) is 0 Å². The summed E-state index contributed by atoms with van der Waals surface area (Å²) in [6.45, 7) is 1.44. The number of rotatable bonds is 12. The summed E-state index contributed by atoms with van der Waals surface area (Å²) in [5.41, 5.74) is 4.39. The summed E-state index contributed by atoms with van der Waals surface area (Å²) in [4.78, 5) is 25.6. The van der Waals surface area contributed by atoms with Crippen LogP contribution in [0.5, 0.6) is 5.75 Å². The SMILES string of the molecule is COc1c([C@H]2C[C@@H](OCc3ccccc3)[C@H](OCc3ccccc3)[C@@H](COCc3ccccc3)O2)ccc2c1C(=O)C=CC2=O. The Labute approximate surface area is 263 Å². The van der Waals surface area contributed by atoms with E-state index in [0.717, 1.165) is 16.7 Å². The molecule has 0 amide bonds. The van der Waals surface area contributed by atoms with E-state index in [1.165, 1.54) is 19.3 Å². The van der Waals surface area contributed by atoms with Gasteiger partial charge < -0.3 is 23.7 Å². The van der Waals surface area contributed by atoms with Gasteiger partial charge in [-0.3, -0.25) is 9.59 Å². The average Bonchev–Trinajstić information content (AvgIpc) is 3.09. The molecule has 6 rings (SSSR count). The predicted octanol–water partition coefficient (Wildman–Crippen LogP) is 6.85. The monoisotopic (exact) mass is 604 g/mol. The van der Waals surface area contributed by atoms with E-state index in [-0.39, 0.29) is 29.8 Å². The number of carbonyl (C=O) groups is 2. The van der Waals surface area contributed by atoms with Crippen LogP contribution in [0, 0.1) is 0 Å². The molecule has 0 radical (unpaired) electrons. The van der Waals surface area contributed by atoms with E-state index in [1.807, 2.05) is 97.1 Å². The van der Waals surface area contributed by atoms with Crippen molar-refractivity contribution in [2.75, 3.05) is 13.7 Å². The normalized spacial score (nSPS) is 21.0. The third kappa shape index (κ3) is 7.30. The van der Waals surface area contributed by atoms with Crippen LogP contribution in [0.25, 0.3) is 0 Å². The summed E-state index contributed by atoms with van der Waals surface area (Å²) in [6, 6.07) is 33.5. The molecule has 0 aromatic heterocycles. The number of methoxy groups -OCH3 is 1. The number of allylic oxidation sites excluding steroid dienone is 2. The lowest BCUT2D eigenvalue weighted by atomic mass is 9.87. The number of ketones is 2. The largest absolute Gasteiger partial charge is 0.496 e. The number of ether oxygens (including phenoxy) is 5. The highest BCUT2D eigenvalue weighted by molar-refractivity contribution is 6.23. The summed E-state index contributed by atoms with van der Waals surface area (Å²) < 4.78 is 32.0. The first-order valence-corrected chi connectivity index (χ1v) is 15.2. The zero-order chi connectivity index (χ0) is 31.0. The van der Waals surface area contributed by atoms with Gasteiger partial charge in [-0.05, 0) is 34.9 Å². The van der Waals surface area contributed by atoms with E-state index in [1.54, 1.807) is 6.07 Å². The van der Waals surface area contributed by atoms with E-state index < -0.39 is 18.3 Å². The van der Waals surface area contributed by atoms with Crippen LogP contribution in [0.3, 0.4) is 0 Å². The van der Waals surface area contributed by atoms with Crippen LogP contribution in [-0.4, -0.2) is 43.6 Å². The molecule has 1 aliphatic carbocycles. The Balaban J connectivity index is 1.32. The van der Waals surface area contributed by atoms with Crippen molar-refractivity contribution in [3.8, 4) is 5.75 Å². The van der Waals surface area contributed by atoms with Gasteiger partial charge in [0.05, 0.1) is 51.3 Å². The molecule has 0 saturated carbocycles. The first-order valence-electron chi connectivity index (χ1n) is 15.2. The van der Waals surface area contributed by atoms with Crippen molar-refractivity contribution in [1.82, 2.24) is 0 Å². The molecule has 2 aliphatic rings. The highest BCUT2D eigenvalue weighted by Crippen LogP contribution is 2.42. The Morgan fingerprint density at radius 3 is 1.89 bits per heavy atom. The summed E-state index contributed by atoms with van der Waals surface area (Å²) in [7, 11) is 1.51. The lowest BCUT2D eigenvalue weighted by Gasteiger charge is -2.42. The maximum Gasteiger partial charge on any atom is 0.190 e. The van der Waals surface area contributed by atoms with Crippen molar-refractivity contribution in [3.63, 3.8) is 0 Å². The Kier molecular flexibility index (Phi) is 9.92. The Bertz CT molecular complexity index is 1620. The van der Waals surface area contributed by atoms with Gasteiger partial charge in [0.15, 0.2) is 11.6 Å². The lowest BCUT2D eigenvalue weighted by Crippen LogP contribution is -2.50. The molecule has 1 fully saturated rings. The third-order valence-electron chi connectivity index (χ3n) is 8.14. The van der Waals surface area contributed by atoms with Crippen LogP contribution in [0.4, 0.5) is 0 Å². The van der Waals surface area contributed by atoms with E-state index in [9.17, 15) is 9.59 Å². The topological polar surface area (TPSA) is 80.3 Å². The third-order valence-corrected chi connectivity index (χ3v) is 8.14. The van der Waals surface area contributed by atoms with Crippen molar-refractivity contribution < 1.29 is 33.3 Å². The van der Waals surface area contributed by atoms with Gasteiger partial charge in [0.2, 0.25) is 0 Å². The fraction of sp³-hybridized carbons (Fsp3) is 0.263. The molecule has 1 aliphatic heterocycles. The van der Waals surface area contributed by atoms with Gasteiger partial charge in [-0.25, -0.2) is 0 Å². The molecule has 0 spiro atoms. The summed E-state index contributed by atoms with van der Waals surface area (Å²) in [5.74, 6) is -0.165. The van der Waals surface area contributed by atoms with Crippen molar-refractivity contribution in [2.45, 2.75) is 50.7 Å². The van der Waals surface area contributed by atoms with E-state index in [0.29, 0.717) is 43.1 Å². The summed E-state index contributed by atoms with van der Waals surface area (Å²) in [6.07, 6.45) is 1.18. The molecule has 1 heterocycles. The number of hydrogen-bond donors (Lipinski definition) is 0. The lowest BCUT2D eigenvalue weighted by molar-refractivity contribution is -0.222. The van der Waals surface area contributed by atoms with Crippen molar-refractivity contribution in [2.24, 2.45) is 0 Å². The van der Waals surface area contributed by atoms with Gasteiger partial charge in [-0.15, -0.1) is 0 Å². The molecule has 4 atom stereocenters. The maximum absolute atomic E-state index is 13.0.